The Balaban J connectivity index is 1.64. The molecule has 1 aromatic heterocycles. The number of hydrogen-bond acceptors (Lipinski definition) is 6. The Morgan fingerprint density at radius 1 is 1.03 bits per heavy atom. The molecule has 0 unspecified atom stereocenters. The van der Waals surface area contributed by atoms with Crippen molar-refractivity contribution < 1.29 is 23.8 Å². The number of nitrogens with one attached hydrogen (secondary N) is 1. The highest BCUT2D eigenvalue weighted by atomic mass is 16.5. The minimum atomic E-state index is -0.295. The van der Waals surface area contributed by atoms with E-state index in [4.69, 9.17) is 19.2 Å². The minimum absolute atomic E-state index is 0.00389. The van der Waals surface area contributed by atoms with Crippen LogP contribution in [0.3, 0.4) is 0 Å². The van der Waals surface area contributed by atoms with Crippen molar-refractivity contribution in [1.29, 1.82) is 0 Å². The Kier molecular flexibility index (Phi) is 8.55. The van der Waals surface area contributed by atoms with Crippen LogP contribution in [0.4, 0.5) is 5.95 Å². The molecule has 0 saturated heterocycles. The molecule has 0 bridgehead atoms. The Hall–Kier alpha value is -4.01. The average Bonchev–Trinajstić information content (AvgIpc) is 3.64. The summed E-state index contributed by atoms with van der Waals surface area (Å²) in [6.45, 7) is 4.61. The van der Waals surface area contributed by atoms with Crippen LogP contribution >= 0.6 is 0 Å². The van der Waals surface area contributed by atoms with Gasteiger partial charge in [-0.05, 0) is 61.1 Å². The van der Waals surface area contributed by atoms with Gasteiger partial charge in [-0.15, -0.1) is 0 Å². The maximum absolute atomic E-state index is 13.2. The van der Waals surface area contributed by atoms with E-state index < -0.39 is 0 Å². The Labute approximate surface area is 223 Å². The molecule has 9 heteroatoms. The highest BCUT2D eigenvalue weighted by Crippen LogP contribution is 2.33. The number of carbonyl (C=O) groups excluding carboxylic acids is 2. The second-order valence-electron chi connectivity index (χ2n) is 9.95. The fraction of sp³-hybridized carbons (Fsp3) is 0.414. The van der Waals surface area contributed by atoms with Gasteiger partial charge in [0.05, 0.1) is 39.3 Å². The molecule has 1 saturated carbocycles. The van der Waals surface area contributed by atoms with Crippen LogP contribution in [0.1, 0.15) is 33.1 Å². The van der Waals surface area contributed by atoms with Gasteiger partial charge in [-0.1, -0.05) is 13.8 Å². The van der Waals surface area contributed by atoms with Gasteiger partial charge in [-0.2, -0.15) is 0 Å². The molecule has 1 aliphatic carbocycles. The highest BCUT2D eigenvalue weighted by molar-refractivity contribution is 5.94. The Morgan fingerprint density at radius 2 is 1.74 bits per heavy atom. The summed E-state index contributed by atoms with van der Waals surface area (Å²) in [5.41, 5.74) is 2.27. The van der Waals surface area contributed by atoms with Gasteiger partial charge in [-0.3, -0.25) is 19.5 Å². The first-order valence-electron chi connectivity index (χ1n) is 12.8. The molecule has 1 aliphatic rings. The largest absolute Gasteiger partial charge is 0.497 e. The minimum Gasteiger partial charge on any atom is -0.497 e. The number of hydrogen-bond donors (Lipinski definition) is 1. The average molecular weight is 521 g/mol. The monoisotopic (exact) mass is 520 g/mol. The number of anilines is 1. The molecule has 9 nitrogen and oxygen atoms in total. The molecule has 1 N–H and O–H groups in total. The molecule has 202 valence electrons. The lowest BCUT2D eigenvalue weighted by Gasteiger charge is -2.23. The Bertz CT molecular complexity index is 1260. The first-order valence-corrected chi connectivity index (χ1v) is 12.8. The number of carbonyl (C=O) groups is 2. The summed E-state index contributed by atoms with van der Waals surface area (Å²) in [6.07, 6.45) is 4.47. The number of imidazole rings is 1. The maximum atomic E-state index is 13.2. The molecule has 0 aliphatic heterocycles. The standard InChI is InChI=1S/C29H36N4O5/c1-19(2)14-28(35)32(16-20-6-7-20)18-27(34)31-29-30-24(21-8-11-23(36-3)12-9-21)17-33(29)22-10-13-25(37-4)26(15-22)38-5/h8-13,15,17,19-20H,6-7,14,16,18H2,1-5H3,(H,30,31,34). The zero-order valence-corrected chi connectivity index (χ0v) is 22.7. The number of nitrogens with zero attached hydrogens (tertiary/aromatic N) is 3. The van der Waals surface area contributed by atoms with Crippen molar-refractivity contribution in [3.8, 4) is 34.2 Å². The van der Waals surface area contributed by atoms with E-state index >= 15 is 0 Å². The number of rotatable bonds is 12. The molecule has 3 aromatic rings. The van der Waals surface area contributed by atoms with E-state index in [1.807, 2.05) is 56.4 Å². The van der Waals surface area contributed by atoms with E-state index in [0.29, 0.717) is 42.0 Å². The van der Waals surface area contributed by atoms with Crippen LogP contribution in [0.15, 0.2) is 48.7 Å². The van der Waals surface area contributed by atoms with Crippen molar-refractivity contribution in [3.63, 3.8) is 0 Å². The van der Waals surface area contributed by atoms with Crippen LogP contribution in [0, 0.1) is 11.8 Å². The smallest absolute Gasteiger partial charge is 0.246 e. The van der Waals surface area contributed by atoms with Gasteiger partial charge in [0.15, 0.2) is 11.5 Å². The quantitative estimate of drug-likeness (QED) is 0.369. The molecular weight excluding hydrogens is 484 g/mol. The van der Waals surface area contributed by atoms with Gasteiger partial charge >= 0.3 is 0 Å². The molecule has 1 fully saturated rings. The summed E-state index contributed by atoms with van der Waals surface area (Å²) >= 11 is 0. The van der Waals surface area contributed by atoms with Crippen LogP contribution in [-0.4, -0.2) is 60.7 Å². The van der Waals surface area contributed by atoms with Crippen LogP contribution in [0.2, 0.25) is 0 Å². The molecule has 38 heavy (non-hydrogen) atoms. The lowest BCUT2D eigenvalue weighted by molar-refractivity contribution is -0.135. The van der Waals surface area contributed by atoms with Gasteiger partial charge in [0, 0.05) is 30.8 Å². The summed E-state index contributed by atoms with van der Waals surface area (Å²) in [5, 5.41) is 2.94. The predicted octanol–water partition coefficient (Wildman–Crippen LogP) is 4.79. The lowest BCUT2D eigenvalue weighted by Crippen LogP contribution is -2.40. The SMILES string of the molecule is COc1ccc(-c2cn(-c3ccc(OC)c(OC)c3)c(NC(=O)CN(CC3CC3)C(=O)CC(C)C)n2)cc1. The number of aromatic nitrogens is 2. The van der Waals surface area contributed by atoms with Gasteiger partial charge in [0.2, 0.25) is 17.8 Å². The third-order valence-corrected chi connectivity index (χ3v) is 6.43. The predicted molar refractivity (Wildman–Crippen MR) is 146 cm³/mol. The second-order valence-corrected chi connectivity index (χ2v) is 9.95. The fourth-order valence-corrected chi connectivity index (χ4v) is 4.22. The molecule has 4 rings (SSSR count). The molecule has 0 spiro atoms. The van der Waals surface area contributed by atoms with Crippen molar-refractivity contribution in [2.45, 2.75) is 33.1 Å². The second kappa shape index (κ2) is 12.0. The zero-order valence-electron chi connectivity index (χ0n) is 22.7. The zero-order chi connectivity index (χ0) is 27.2. The number of ether oxygens (including phenoxy) is 3. The fourth-order valence-electron chi connectivity index (χ4n) is 4.22. The molecule has 0 radical (unpaired) electrons. The number of benzene rings is 2. The van der Waals surface area contributed by atoms with E-state index in [1.165, 1.54) is 0 Å². The van der Waals surface area contributed by atoms with Crippen LogP contribution in [0.5, 0.6) is 17.2 Å². The van der Waals surface area contributed by atoms with Gasteiger partial charge in [-0.25, -0.2) is 4.98 Å². The van der Waals surface area contributed by atoms with E-state index in [0.717, 1.165) is 29.8 Å². The van der Waals surface area contributed by atoms with Crippen LogP contribution < -0.4 is 19.5 Å². The third-order valence-electron chi connectivity index (χ3n) is 6.43. The normalized spacial score (nSPS) is 12.8. The highest BCUT2D eigenvalue weighted by Gasteiger charge is 2.28. The third kappa shape index (κ3) is 6.65. The van der Waals surface area contributed by atoms with Crippen LogP contribution in [0.25, 0.3) is 16.9 Å². The van der Waals surface area contributed by atoms with Crippen molar-refractivity contribution in [1.82, 2.24) is 14.5 Å². The molecule has 2 aromatic carbocycles. The first-order chi connectivity index (χ1) is 18.3. The number of amides is 2. The Morgan fingerprint density at radius 3 is 2.34 bits per heavy atom. The van der Waals surface area contributed by atoms with Crippen LogP contribution in [-0.2, 0) is 9.59 Å². The topological polar surface area (TPSA) is 94.9 Å². The number of methoxy groups -OCH3 is 3. The van der Waals surface area contributed by atoms with Gasteiger partial charge in [0.25, 0.3) is 0 Å². The lowest BCUT2D eigenvalue weighted by atomic mass is 10.1. The van der Waals surface area contributed by atoms with Gasteiger partial charge in [0.1, 0.15) is 5.75 Å². The molecule has 0 atom stereocenters. The van der Waals surface area contributed by atoms with E-state index in [-0.39, 0.29) is 24.3 Å². The van der Waals surface area contributed by atoms with E-state index in [1.54, 1.807) is 36.9 Å². The van der Waals surface area contributed by atoms with Crippen molar-refractivity contribution in [3.05, 3.63) is 48.7 Å². The van der Waals surface area contributed by atoms with Crippen molar-refractivity contribution >= 4 is 17.8 Å². The van der Waals surface area contributed by atoms with Crippen molar-refractivity contribution in [2.75, 3.05) is 39.7 Å². The summed E-state index contributed by atoms with van der Waals surface area (Å²) in [5.74, 6) is 2.64. The summed E-state index contributed by atoms with van der Waals surface area (Å²) in [4.78, 5) is 32.5. The van der Waals surface area contributed by atoms with Crippen molar-refractivity contribution in [2.24, 2.45) is 11.8 Å². The first kappa shape index (κ1) is 27.0. The summed E-state index contributed by atoms with van der Waals surface area (Å²) < 4.78 is 17.9. The molecular formula is C29H36N4O5. The summed E-state index contributed by atoms with van der Waals surface area (Å²) in [6, 6.07) is 13.0. The molecule has 2 amide bonds. The summed E-state index contributed by atoms with van der Waals surface area (Å²) in [7, 11) is 4.77. The maximum Gasteiger partial charge on any atom is 0.246 e. The molecule has 1 heterocycles. The van der Waals surface area contributed by atoms with Gasteiger partial charge < -0.3 is 19.1 Å². The van der Waals surface area contributed by atoms with E-state index in [9.17, 15) is 9.59 Å². The van der Waals surface area contributed by atoms with E-state index in [2.05, 4.69) is 5.32 Å².